The average molecular weight is 299 g/mol. The summed E-state index contributed by atoms with van der Waals surface area (Å²) in [5.41, 5.74) is 1.55. The summed E-state index contributed by atoms with van der Waals surface area (Å²) >= 11 is 0. The summed E-state index contributed by atoms with van der Waals surface area (Å²) in [5.74, 6) is 0.209. The van der Waals surface area contributed by atoms with Crippen LogP contribution in [0.25, 0.3) is 0 Å². The summed E-state index contributed by atoms with van der Waals surface area (Å²) in [6.07, 6.45) is 2.55. The number of nitrogens with one attached hydrogen (secondary N) is 1. The van der Waals surface area contributed by atoms with E-state index >= 15 is 0 Å². The molecular formula is C17H21N3O2. The molecule has 0 saturated heterocycles. The van der Waals surface area contributed by atoms with Crippen molar-refractivity contribution in [1.29, 1.82) is 0 Å². The van der Waals surface area contributed by atoms with E-state index in [1.807, 2.05) is 37.3 Å². The molecule has 116 valence electrons. The minimum absolute atomic E-state index is 0.157. The van der Waals surface area contributed by atoms with Crippen LogP contribution in [-0.2, 0) is 13.1 Å². The molecule has 22 heavy (non-hydrogen) atoms. The summed E-state index contributed by atoms with van der Waals surface area (Å²) in [6, 6.07) is 12.5. The summed E-state index contributed by atoms with van der Waals surface area (Å²) in [4.78, 5) is 18.2. The van der Waals surface area contributed by atoms with Gasteiger partial charge >= 0.3 is 6.03 Å². The zero-order chi connectivity index (χ0) is 15.8. The average Bonchev–Trinajstić information content (AvgIpc) is 2.55. The normalized spacial score (nSPS) is 10.2. The fraction of sp³-hybridized carbons (Fsp3) is 0.294. The van der Waals surface area contributed by atoms with Gasteiger partial charge in [-0.25, -0.2) is 4.79 Å². The number of benzene rings is 1. The highest BCUT2D eigenvalue weighted by Crippen LogP contribution is 2.18. The molecule has 2 amide bonds. The first-order valence-electron chi connectivity index (χ1n) is 7.40. The molecule has 1 heterocycles. The van der Waals surface area contributed by atoms with Gasteiger partial charge in [0.05, 0.1) is 18.8 Å². The Balaban J connectivity index is 1.98. The van der Waals surface area contributed by atoms with Gasteiger partial charge < -0.3 is 15.3 Å². The van der Waals surface area contributed by atoms with Crippen molar-refractivity contribution < 1.29 is 9.90 Å². The Morgan fingerprint density at radius 2 is 2.00 bits per heavy atom. The molecule has 0 radical (unpaired) electrons. The number of amides is 2. The van der Waals surface area contributed by atoms with Crippen molar-refractivity contribution in [2.75, 3.05) is 6.54 Å². The number of hydrogen-bond donors (Lipinski definition) is 2. The van der Waals surface area contributed by atoms with Crippen molar-refractivity contribution in [2.45, 2.75) is 26.4 Å². The maximum absolute atomic E-state index is 12.3. The predicted molar refractivity (Wildman–Crippen MR) is 85.3 cm³/mol. The molecule has 0 aliphatic carbocycles. The molecule has 0 saturated carbocycles. The monoisotopic (exact) mass is 299 g/mol. The molecule has 0 spiro atoms. The lowest BCUT2D eigenvalue weighted by molar-refractivity contribution is 0.194. The minimum Gasteiger partial charge on any atom is -0.508 e. The molecule has 0 aliphatic rings. The minimum atomic E-state index is -0.157. The fourth-order valence-corrected chi connectivity index (χ4v) is 2.15. The van der Waals surface area contributed by atoms with E-state index in [9.17, 15) is 9.90 Å². The first-order valence-corrected chi connectivity index (χ1v) is 7.40. The number of urea groups is 1. The zero-order valence-electron chi connectivity index (χ0n) is 12.7. The van der Waals surface area contributed by atoms with Crippen LogP contribution in [0.2, 0.25) is 0 Å². The molecular weight excluding hydrogens is 278 g/mol. The number of phenolic OH excluding ortho intramolecular Hbond substituents is 1. The van der Waals surface area contributed by atoms with Crippen molar-refractivity contribution in [3.05, 3.63) is 59.9 Å². The molecule has 5 heteroatoms. The second kappa shape index (κ2) is 8.02. The van der Waals surface area contributed by atoms with Crippen LogP contribution >= 0.6 is 0 Å². The van der Waals surface area contributed by atoms with E-state index in [1.165, 1.54) is 0 Å². The second-order valence-electron chi connectivity index (χ2n) is 5.03. The first-order chi connectivity index (χ1) is 10.7. The Hall–Kier alpha value is -2.56. The quantitative estimate of drug-likeness (QED) is 0.862. The Morgan fingerprint density at radius 1 is 1.23 bits per heavy atom. The molecule has 0 bridgehead atoms. The molecule has 1 aromatic heterocycles. The van der Waals surface area contributed by atoms with Gasteiger partial charge in [0.25, 0.3) is 0 Å². The van der Waals surface area contributed by atoms with Crippen molar-refractivity contribution in [3.8, 4) is 5.75 Å². The van der Waals surface area contributed by atoms with Crippen LogP contribution in [0.4, 0.5) is 4.79 Å². The van der Waals surface area contributed by atoms with Gasteiger partial charge in [-0.2, -0.15) is 0 Å². The van der Waals surface area contributed by atoms with Crippen molar-refractivity contribution in [3.63, 3.8) is 0 Å². The van der Waals surface area contributed by atoms with Crippen LogP contribution in [0.5, 0.6) is 5.75 Å². The van der Waals surface area contributed by atoms with E-state index in [4.69, 9.17) is 0 Å². The highest BCUT2D eigenvalue weighted by atomic mass is 16.3. The number of para-hydroxylation sites is 1. The summed E-state index contributed by atoms with van der Waals surface area (Å²) in [6.45, 7) is 3.42. The van der Waals surface area contributed by atoms with Gasteiger partial charge in [0.1, 0.15) is 5.75 Å². The van der Waals surface area contributed by atoms with E-state index in [1.54, 1.807) is 23.2 Å². The highest BCUT2D eigenvalue weighted by Gasteiger charge is 2.14. The third-order valence-electron chi connectivity index (χ3n) is 3.28. The third kappa shape index (κ3) is 4.48. The maximum Gasteiger partial charge on any atom is 0.318 e. The summed E-state index contributed by atoms with van der Waals surface area (Å²) in [7, 11) is 0. The molecule has 0 unspecified atom stereocenters. The summed E-state index contributed by atoms with van der Waals surface area (Å²) in [5, 5.41) is 12.7. The van der Waals surface area contributed by atoms with Crippen LogP contribution in [0.1, 0.15) is 24.6 Å². The van der Waals surface area contributed by atoms with E-state index < -0.39 is 0 Å². The molecule has 2 rings (SSSR count). The number of aromatic hydroxyl groups is 1. The number of phenols is 1. The van der Waals surface area contributed by atoms with E-state index in [0.29, 0.717) is 19.6 Å². The van der Waals surface area contributed by atoms with Gasteiger partial charge in [-0.05, 0) is 24.6 Å². The Labute approximate surface area is 130 Å². The van der Waals surface area contributed by atoms with Crippen molar-refractivity contribution in [2.24, 2.45) is 0 Å². The van der Waals surface area contributed by atoms with Crippen LogP contribution in [0, 0.1) is 0 Å². The molecule has 0 atom stereocenters. The number of pyridine rings is 1. The Bertz CT molecular complexity index is 602. The highest BCUT2D eigenvalue weighted by molar-refractivity contribution is 5.74. The molecule has 0 fully saturated rings. The van der Waals surface area contributed by atoms with Gasteiger partial charge in [0, 0.05) is 18.3 Å². The van der Waals surface area contributed by atoms with Gasteiger partial charge in [0.15, 0.2) is 0 Å². The first kappa shape index (κ1) is 15.8. The predicted octanol–water partition coefficient (Wildman–Crippen LogP) is 2.91. The van der Waals surface area contributed by atoms with Gasteiger partial charge in [-0.1, -0.05) is 31.2 Å². The van der Waals surface area contributed by atoms with Gasteiger partial charge in [-0.15, -0.1) is 0 Å². The molecule has 1 aromatic carbocycles. The van der Waals surface area contributed by atoms with Crippen molar-refractivity contribution >= 4 is 6.03 Å². The van der Waals surface area contributed by atoms with E-state index in [2.05, 4.69) is 10.3 Å². The van der Waals surface area contributed by atoms with Crippen LogP contribution in [-0.4, -0.2) is 27.6 Å². The van der Waals surface area contributed by atoms with Crippen LogP contribution < -0.4 is 5.32 Å². The van der Waals surface area contributed by atoms with Gasteiger partial charge in [0.2, 0.25) is 0 Å². The third-order valence-corrected chi connectivity index (χ3v) is 3.28. The van der Waals surface area contributed by atoms with Crippen LogP contribution in [0.3, 0.4) is 0 Å². The second-order valence-corrected chi connectivity index (χ2v) is 5.03. The number of hydrogen-bond acceptors (Lipinski definition) is 3. The lowest BCUT2D eigenvalue weighted by Gasteiger charge is -2.23. The molecule has 0 aliphatic heterocycles. The lowest BCUT2D eigenvalue weighted by atomic mass is 10.2. The Morgan fingerprint density at radius 3 is 2.68 bits per heavy atom. The fourth-order valence-electron chi connectivity index (χ4n) is 2.15. The smallest absolute Gasteiger partial charge is 0.318 e. The van der Waals surface area contributed by atoms with E-state index in [-0.39, 0.29) is 11.8 Å². The lowest BCUT2D eigenvalue weighted by Crippen LogP contribution is -2.39. The van der Waals surface area contributed by atoms with Crippen molar-refractivity contribution in [1.82, 2.24) is 15.2 Å². The van der Waals surface area contributed by atoms with Gasteiger partial charge in [-0.3, -0.25) is 4.98 Å². The standard InChI is InChI=1S/C17H21N3O2/c1-2-11-20(13-14-7-3-4-9-16(14)21)17(22)19-12-15-8-5-6-10-18-15/h3-10,21H,2,11-13H2,1H3,(H,19,22). The molecule has 5 nitrogen and oxygen atoms in total. The maximum atomic E-state index is 12.3. The largest absolute Gasteiger partial charge is 0.508 e. The van der Waals surface area contributed by atoms with E-state index in [0.717, 1.165) is 17.7 Å². The van der Waals surface area contributed by atoms with Crippen LogP contribution in [0.15, 0.2) is 48.7 Å². The number of carbonyl (C=O) groups excluding carboxylic acids is 1. The zero-order valence-corrected chi connectivity index (χ0v) is 12.7. The number of rotatable bonds is 6. The topological polar surface area (TPSA) is 65.5 Å². The molecule has 2 N–H and O–H groups in total. The summed E-state index contributed by atoms with van der Waals surface area (Å²) < 4.78 is 0. The Kier molecular flexibility index (Phi) is 5.77. The number of aromatic nitrogens is 1. The number of nitrogens with zero attached hydrogens (tertiary/aromatic N) is 2. The molecule has 2 aromatic rings. The number of carbonyl (C=O) groups is 1. The SMILES string of the molecule is CCCN(Cc1ccccc1O)C(=O)NCc1ccccn1.